The van der Waals surface area contributed by atoms with Crippen LogP contribution in [0.3, 0.4) is 0 Å². The van der Waals surface area contributed by atoms with Crippen molar-refractivity contribution in [3.63, 3.8) is 0 Å². The van der Waals surface area contributed by atoms with Crippen molar-refractivity contribution in [1.82, 2.24) is 0 Å². The molecular formula is C66H90O24P6. The minimum absolute atomic E-state index is 0.0816. The summed E-state index contributed by atoms with van der Waals surface area (Å²) in [7, 11) is 2.42. The number of hydrogen-bond donors (Lipinski definition) is 0. The van der Waals surface area contributed by atoms with Crippen LogP contribution in [0, 0.1) is 0 Å². The van der Waals surface area contributed by atoms with Crippen LogP contribution in [0.15, 0.2) is 72.8 Å². The fourth-order valence-electron chi connectivity index (χ4n) is 12.5. The highest BCUT2D eigenvalue weighted by Gasteiger charge is 2.33. The molecule has 0 aromatic heterocycles. The molecule has 1 aliphatic rings. The summed E-state index contributed by atoms with van der Waals surface area (Å²) in [5, 5.41) is 0. The van der Waals surface area contributed by atoms with Gasteiger partial charge in [-0.05, 0) is 100 Å². The number of methoxy groups -OCH3 is 6. The number of benzene rings is 6. The largest absolute Gasteiger partial charge is 0.496 e. The molecule has 0 radical (unpaired) electrons. The van der Waals surface area contributed by atoms with Crippen LogP contribution < -0.4 is 28.4 Å². The number of fused-ring (bicyclic) bond motifs is 12. The molecule has 0 heterocycles. The molecule has 6 aromatic rings. The third kappa shape index (κ3) is 18.5. The maximum absolute atomic E-state index is 14.3. The van der Waals surface area contributed by atoms with Gasteiger partial charge in [0.2, 0.25) is 0 Å². The van der Waals surface area contributed by atoms with Gasteiger partial charge >= 0.3 is 45.6 Å². The maximum Gasteiger partial charge on any atom is 0.334 e. The van der Waals surface area contributed by atoms with Crippen molar-refractivity contribution in [2.24, 2.45) is 0 Å². The van der Waals surface area contributed by atoms with E-state index in [9.17, 15) is 27.4 Å². The summed E-state index contributed by atoms with van der Waals surface area (Å²) in [5.41, 5.74) is 10.4. The van der Waals surface area contributed by atoms with E-state index < -0.39 is 45.6 Å². The van der Waals surface area contributed by atoms with E-state index in [4.69, 9.17) is 82.7 Å². The minimum atomic E-state index is -3.77. The van der Waals surface area contributed by atoms with Gasteiger partial charge in [0.25, 0.3) is 0 Å². The number of hydrogen-bond acceptors (Lipinski definition) is 24. The van der Waals surface area contributed by atoms with Crippen molar-refractivity contribution in [2.75, 3.05) is 128 Å². The van der Waals surface area contributed by atoms with E-state index in [0.29, 0.717) is 135 Å². The Balaban J connectivity index is 1.71. The van der Waals surface area contributed by atoms with Crippen molar-refractivity contribution in [3.8, 4) is 34.5 Å². The third-order valence-corrected chi connectivity index (χ3v) is 28.1. The Hall–Kier alpha value is -4.98. The normalized spacial score (nSPS) is 13.4. The van der Waals surface area contributed by atoms with Gasteiger partial charge in [0.05, 0.1) is 79.6 Å². The molecule has 24 nitrogen and oxygen atoms in total. The molecule has 6 aromatic carbocycles. The average Bonchev–Trinajstić information content (AvgIpc) is 0.794. The van der Waals surface area contributed by atoms with E-state index in [1.165, 1.54) is 85.3 Å². The molecule has 0 N–H and O–H groups in total. The molecule has 7 rings (SSSR count). The van der Waals surface area contributed by atoms with Crippen molar-refractivity contribution >= 4 is 45.6 Å². The monoisotopic (exact) mass is 1450 g/mol. The molecule has 0 saturated heterocycles. The molecule has 1 aliphatic carbocycles. The highest BCUT2D eigenvalue weighted by Crippen LogP contribution is 2.57. The number of ether oxygens (including phenoxy) is 6. The van der Waals surface area contributed by atoms with Crippen molar-refractivity contribution < 1.29 is 110 Å². The summed E-state index contributed by atoms with van der Waals surface area (Å²) in [6.07, 6.45) is -0.525. The van der Waals surface area contributed by atoms with Crippen LogP contribution in [0.1, 0.15) is 100 Å². The molecule has 30 heteroatoms. The number of rotatable bonds is 30. The molecule has 0 unspecified atom stereocenters. The van der Waals surface area contributed by atoms with Crippen LogP contribution in [0.4, 0.5) is 0 Å². The Morgan fingerprint density at radius 1 is 0.198 bits per heavy atom. The Morgan fingerprint density at radius 2 is 0.292 bits per heavy atom. The second-order valence-corrected chi connectivity index (χ2v) is 36.2. The first-order valence-corrected chi connectivity index (χ1v) is 40.4. The van der Waals surface area contributed by atoms with E-state index in [-0.39, 0.29) is 75.5 Å². The fourth-order valence-corrected chi connectivity index (χ4v) is 18.7. The summed E-state index contributed by atoms with van der Waals surface area (Å²) < 4.78 is 191. The zero-order valence-electron chi connectivity index (χ0n) is 57.9. The van der Waals surface area contributed by atoms with Crippen LogP contribution in [0.25, 0.3) is 0 Å². The molecule has 528 valence electrons. The first-order chi connectivity index (χ1) is 45.7. The van der Waals surface area contributed by atoms with Crippen LogP contribution in [0.5, 0.6) is 34.5 Å². The van der Waals surface area contributed by atoms with E-state index in [0.717, 1.165) is 0 Å². The van der Waals surface area contributed by atoms with Gasteiger partial charge < -0.3 is 82.7 Å². The molecule has 0 atom stereocenters. The Morgan fingerprint density at radius 3 is 0.365 bits per heavy atom. The Labute approximate surface area is 563 Å². The SMILES string of the molecule is COc1c2cc(CP(=O)(OC)OC)cc1Cc1cc(CP(=O)(OC)OC)cc(c1OC)Cc1cc(CP(=O)(OC)OC)cc(c1OC)Cc1cc(CP(=O)(OC)OC)cc(c1OC)Cc1cc(CP(=O)(OC)OC)cc(c1OC)Cc1cc(CP(=O)(OC)OC)cc(c1OC)C2. The van der Waals surface area contributed by atoms with Crippen molar-refractivity contribution in [3.05, 3.63) is 173 Å². The third-order valence-electron chi connectivity index (χ3n) is 16.9. The van der Waals surface area contributed by atoms with E-state index in [1.54, 1.807) is 42.7 Å². The lowest BCUT2D eigenvalue weighted by Crippen LogP contribution is -2.09. The van der Waals surface area contributed by atoms with Crippen LogP contribution in [-0.2, 0) is 157 Å². The van der Waals surface area contributed by atoms with Gasteiger partial charge in [-0.1, -0.05) is 72.8 Å². The van der Waals surface area contributed by atoms with Gasteiger partial charge in [0.1, 0.15) is 34.5 Å². The van der Waals surface area contributed by atoms with Crippen molar-refractivity contribution in [2.45, 2.75) is 75.5 Å². The smallest absolute Gasteiger partial charge is 0.334 e. The molecule has 0 saturated carbocycles. The summed E-state index contributed by atoms with van der Waals surface area (Å²) >= 11 is 0. The Kier molecular flexibility index (Phi) is 27.7. The first kappa shape index (κ1) is 78.4. The lowest BCUT2D eigenvalue weighted by Gasteiger charge is -2.24. The summed E-state index contributed by atoms with van der Waals surface area (Å²) in [4.78, 5) is 0. The van der Waals surface area contributed by atoms with E-state index >= 15 is 0 Å². The summed E-state index contributed by atoms with van der Waals surface area (Å²) in [5.74, 6) is 2.55. The zero-order valence-corrected chi connectivity index (χ0v) is 63.3. The van der Waals surface area contributed by atoms with Gasteiger partial charge in [0, 0.05) is 124 Å². The van der Waals surface area contributed by atoms with Gasteiger partial charge in [0.15, 0.2) is 0 Å². The van der Waals surface area contributed by atoms with Gasteiger partial charge in [-0.15, -0.1) is 0 Å². The average molecular weight is 1450 g/mol. The second-order valence-electron chi connectivity index (χ2n) is 22.5. The van der Waals surface area contributed by atoms with Crippen LogP contribution in [-0.4, -0.2) is 128 Å². The second kappa shape index (κ2) is 33.9. The molecule has 96 heavy (non-hydrogen) atoms. The van der Waals surface area contributed by atoms with Gasteiger partial charge in [-0.25, -0.2) is 0 Å². The van der Waals surface area contributed by atoms with Crippen LogP contribution >= 0.6 is 45.6 Å². The van der Waals surface area contributed by atoms with Crippen molar-refractivity contribution in [1.29, 1.82) is 0 Å². The highest BCUT2D eigenvalue weighted by molar-refractivity contribution is 7.54. The maximum atomic E-state index is 14.3. The molecular weight excluding hydrogens is 1360 g/mol. The first-order valence-electron chi connectivity index (χ1n) is 30.0. The quantitative estimate of drug-likeness (QED) is 0.0379. The van der Waals surface area contributed by atoms with E-state index in [2.05, 4.69) is 0 Å². The minimum Gasteiger partial charge on any atom is -0.496 e. The summed E-state index contributed by atoms with van der Waals surface area (Å²) in [6.45, 7) is 0. The predicted molar refractivity (Wildman–Crippen MR) is 367 cm³/mol. The predicted octanol–water partition coefficient (Wildman–Crippen LogP) is 15.5. The van der Waals surface area contributed by atoms with Gasteiger partial charge in [-0.2, -0.15) is 0 Å². The topological polar surface area (TPSA) is 269 Å². The highest BCUT2D eigenvalue weighted by atomic mass is 31.2. The van der Waals surface area contributed by atoms with Gasteiger partial charge in [-0.3, -0.25) is 27.4 Å². The Bertz CT molecular complexity index is 3210. The summed E-state index contributed by atoms with van der Waals surface area (Å²) in [6, 6.07) is 22.3. The fraction of sp³-hybridized carbons (Fsp3) is 0.455. The standard InChI is InChI=1S/C66H90O24P6/c1-73-61-49-19-43(37-91(67,79-7)80-8)20-50(61)32-52-22-45(39-93(69,83-11)84-12)24-54(63(52)75-3)34-56-26-47(41-95(71,87-15)88-16)28-58(65(56)77-5)36-60-30-48(42-96(72,89-17)90-18)29-59(66(60)78-6)35-57-27-46(40-94(70,85-13)86-14)25-55(64(57)76-4)33-53-23-44(38-92(68,81-9)82-10)21-51(31-49)62(53)74-2/h19-30H,31-42H2,1-18H3. The lowest BCUT2D eigenvalue weighted by molar-refractivity contribution is 0.274. The van der Waals surface area contributed by atoms with E-state index in [1.807, 2.05) is 72.8 Å². The molecule has 0 amide bonds. The van der Waals surface area contributed by atoms with Crippen LogP contribution in [0.2, 0.25) is 0 Å². The molecule has 0 fully saturated rings. The zero-order chi connectivity index (χ0) is 70.6. The molecule has 12 bridgehead atoms. The molecule has 0 aliphatic heterocycles. The lowest BCUT2D eigenvalue weighted by atomic mass is 9.88. The molecule has 0 spiro atoms.